The van der Waals surface area contributed by atoms with Crippen molar-refractivity contribution in [2.75, 3.05) is 0 Å². The second-order valence-electron chi connectivity index (χ2n) is 8.06. The molecule has 2 aliphatic carbocycles. The van der Waals surface area contributed by atoms with Crippen molar-refractivity contribution in [3.05, 3.63) is 35.9 Å². The Kier molecular flexibility index (Phi) is 4.69. The van der Waals surface area contributed by atoms with E-state index in [0.717, 1.165) is 5.92 Å². The highest BCUT2D eigenvalue weighted by molar-refractivity contribution is 5.20. The van der Waals surface area contributed by atoms with Crippen molar-refractivity contribution in [2.45, 2.75) is 77.3 Å². The van der Waals surface area contributed by atoms with Gasteiger partial charge >= 0.3 is 0 Å². The van der Waals surface area contributed by atoms with Gasteiger partial charge in [0, 0.05) is 12.1 Å². The third kappa shape index (κ3) is 3.88. The summed E-state index contributed by atoms with van der Waals surface area (Å²) in [4.78, 5) is 0. The number of benzene rings is 1. The summed E-state index contributed by atoms with van der Waals surface area (Å²) in [5.41, 5.74) is 2.04. The lowest BCUT2D eigenvalue weighted by molar-refractivity contribution is 0.247. The molecule has 0 spiro atoms. The van der Waals surface area contributed by atoms with Gasteiger partial charge in [0.2, 0.25) is 0 Å². The van der Waals surface area contributed by atoms with Crippen LogP contribution < -0.4 is 5.32 Å². The number of hydrogen-bond acceptors (Lipinski definition) is 1. The van der Waals surface area contributed by atoms with Gasteiger partial charge in [0.25, 0.3) is 0 Å². The van der Waals surface area contributed by atoms with E-state index in [1.807, 2.05) is 0 Å². The van der Waals surface area contributed by atoms with Crippen LogP contribution in [-0.2, 0) is 0 Å². The predicted octanol–water partition coefficient (Wildman–Crippen LogP) is 5.48. The van der Waals surface area contributed by atoms with E-state index in [4.69, 9.17) is 0 Å². The standard InChI is InChI=1S/C20H31N/c1-20(2)14-13-18(15-20)21-19(16-9-5-3-6-10-16)17-11-7-4-8-12-17/h3,5-6,9-10,17-19,21H,4,7-8,11-15H2,1-2H3. The molecule has 3 rings (SSSR count). The third-order valence-corrected chi connectivity index (χ3v) is 5.66. The smallest absolute Gasteiger partial charge is 0.0351 e. The maximum atomic E-state index is 4.06. The molecule has 2 saturated carbocycles. The van der Waals surface area contributed by atoms with Crippen molar-refractivity contribution < 1.29 is 0 Å². The summed E-state index contributed by atoms with van der Waals surface area (Å²) < 4.78 is 0. The van der Waals surface area contributed by atoms with E-state index in [9.17, 15) is 0 Å². The molecule has 2 unspecified atom stereocenters. The minimum atomic E-state index is 0.533. The van der Waals surface area contributed by atoms with E-state index in [0.29, 0.717) is 17.5 Å². The van der Waals surface area contributed by atoms with Crippen LogP contribution in [0.2, 0.25) is 0 Å². The lowest BCUT2D eigenvalue weighted by Gasteiger charge is -2.34. The molecule has 0 aromatic heterocycles. The number of rotatable bonds is 4. The summed E-state index contributed by atoms with van der Waals surface area (Å²) in [5.74, 6) is 0.838. The molecule has 21 heavy (non-hydrogen) atoms. The topological polar surface area (TPSA) is 12.0 Å². The molecule has 1 aromatic rings. The van der Waals surface area contributed by atoms with Crippen molar-refractivity contribution in [2.24, 2.45) is 11.3 Å². The van der Waals surface area contributed by atoms with Crippen molar-refractivity contribution >= 4 is 0 Å². The van der Waals surface area contributed by atoms with Crippen LogP contribution in [0.3, 0.4) is 0 Å². The molecule has 0 radical (unpaired) electrons. The van der Waals surface area contributed by atoms with Crippen LogP contribution in [0.25, 0.3) is 0 Å². The SMILES string of the molecule is CC1(C)CCC(NC(c2ccccc2)C2CCCCC2)C1. The summed E-state index contributed by atoms with van der Waals surface area (Å²) >= 11 is 0. The van der Waals surface area contributed by atoms with Crippen LogP contribution in [-0.4, -0.2) is 6.04 Å². The van der Waals surface area contributed by atoms with Gasteiger partial charge in [-0.2, -0.15) is 0 Å². The average Bonchev–Trinajstić information content (AvgIpc) is 2.86. The normalized spacial score (nSPS) is 27.6. The molecule has 2 fully saturated rings. The molecule has 1 N–H and O–H groups in total. The van der Waals surface area contributed by atoms with Gasteiger partial charge in [-0.15, -0.1) is 0 Å². The fraction of sp³-hybridized carbons (Fsp3) is 0.700. The van der Waals surface area contributed by atoms with Crippen molar-refractivity contribution in [3.63, 3.8) is 0 Å². The molecule has 2 atom stereocenters. The maximum absolute atomic E-state index is 4.06. The van der Waals surface area contributed by atoms with E-state index in [1.165, 1.54) is 56.9 Å². The second kappa shape index (κ2) is 6.52. The van der Waals surface area contributed by atoms with Gasteiger partial charge in [0.1, 0.15) is 0 Å². The highest BCUT2D eigenvalue weighted by Crippen LogP contribution is 2.40. The first-order valence-electron chi connectivity index (χ1n) is 8.95. The summed E-state index contributed by atoms with van der Waals surface area (Å²) in [6.45, 7) is 4.85. The zero-order valence-corrected chi connectivity index (χ0v) is 13.8. The first kappa shape index (κ1) is 15.1. The number of hydrogen-bond donors (Lipinski definition) is 1. The molecule has 0 aliphatic heterocycles. The van der Waals surface area contributed by atoms with E-state index in [2.05, 4.69) is 49.5 Å². The Balaban J connectivity index is 1.73. The fourth-order valence-corrected chi connectivity index (χ4v) is 4.46. The summed E-state index contributed by atoms with van der Waals surface area (Å²) in [7, 11) is 0. The van der Waals surface area contributed by atoms with Crippen molar-refractivity contribution in [1.82, 2.24) is 5.32 Å². The Hall–Kier alpha value is -0.820. The van der Waals surface area contributed by atoms with Crippen LogP contribution in [0.4, 0.5) is 0 Å². The van der Waals surface area contributed by atoms with E-state index >= 15 is 0 Å². The van der Waals surface area contributed by atoms with E-state index in [-0.39, 0.29) is 0 Å². The highest BCUT2D eigenvalue weighted by atomic mass is 15.0. The summed E-state index contributed by atoms with van der Waals surface area (Å²) in [6, 6.07) is 12.5. The highest BCUT2D eigenvalue weighted by Gasteiger charge is 2.34. The summed E-state index contributed by atoms with van der Waals surface area (Å²) in [5, 5.41) is 4.06. The van der Waals surface area contributed by atoms with Gasteiger partial charge in [0.05, 0.1) is 0 Å². The van der Waals surface area contributed by atoms with E-state index < -0.39 is 0 Å². The molecule has 0 amide bonds. The van der Waals surface area contributed by atoms with Crippen molar-refractivity contribution in [1.29, 1.82) is 0 Å². The van der Waals surface area contributed by atoms with Crippen molar-refractivity contribution in [3.8, 4) is 0 Å². The summed E-state index contributed by atoms with van der Waals surface area (Å²) in [6.07, 6.45) is 11.2. The van der Waals surface area contributed by atoms with Crippen LogP contribution in [0.5, 0.6) is 0 Å². The Morgan fingerprint density at radius 1 is 1.00 bits per heavy atom. The van der Waals surface area contributed by atoms with Crippen LogP contribution >= 0.6 is 0 Å². The molecule has 0 heterocycles. The minimum absolute atomic E-state index is 0.533. The quantitative estimate of drug-likeness (QED) is 0.772. The lowest BCUT2D eigenvalue weighted by Crippen LogP contribution is -2.36. The molecule has 0 bridgehead atoms. The van der Waals surface area contributed by atoms with Crippen LogP contribution in [0, 0.1) is 11.3 Å². The Morgan fingerprint density at radius 3 is 2.33 bits per heavy atom. The van der Waals surface area contributed by atoms with Gasteiger partial charge in [-0.3, -0.25) is 0 Å². The average molecular weight is 285 g/mol. The molecular formula is C20H31N. The van der Waals surface area contributed by atoms with Gasteiger partial charge in [0.15, 0.2) is 0 Å². The molecule has 1 heteroatoms. The van der Waals surface area contributed by atoms with Gasteiger partial charge < -0.3 is 5.32 Å². The first-order valence-corrected chi connectivity index (χ1v) is 8.95. The van der Waals surface area contributed by atoms with Gasteiger partial charge in [-0.05, 0) is 49.0 Å². The van der Waals surface area contributed by atoms with Crippen LogP contribution in [0.1, 0.15) is 76.8 Å². The Labute approximate surface area is 130 Å². The maximum Gasteiger partial charge on any atom is 0.0351 e. The monoisotopic (exact) mass is 285 g/mol. The predicted molar refractivity (Wildman–Crippen MR) is 90.3 cm³/mol. The Bertz CT molecular complexity index is 430. The molecule has 1 aromatic carbocycles. The van der Waals surface area contributed by atoms with Gasteiger partial charge in [-0.25, -0.2) is 0 Å². The van der Waals surface area contributed by atoms with Gasteiger partial charge in [-0.1, -0.05) is 63.4 Å². The molecule has 116 valence electrons. The first-order chi connectivity index (χ1) is 10.1. The molecule has 2 aliphatic rings. The molecule has 1 nitrogen and oxygen atoms in total. The van der Waals surface area contributed by atoms with E-state index in [1.54, 1.807) is 0 Å². The molecular weight excluding hydrogens is 254 g/mol. The van der Waals surface area contributed by atoms with Crippen LogP contribution in [0.15, 0.2) is 30.3 Å². The lowest BCUT2D eigenvalue weighted by atomic mass is 9.80. The second-order valence-corrected chi connectivity index (χ2v) is 8.06. The molecule has 0 saturated heterocycles. The largest absolute Gasteiger partial charge is 0.307 e. The number of nitrogens with one attached hydrogen (secondary N) is 1. The minimum Gasteiger partial charge on any atom is -0.307 e. The zero-order chi connectivity index (χ0) is 14.7. The fourth-order valence-electron chi connectivity index (χ4n) is 4.46. The third-order valence-electron chi connectivity index (χ3n) is 5.66. The zero-order valence-electron chi connectivity index (χ0n) is 13.8. The Morgan fingerprint density at radius 2 is 1.71 bits per heavy atom.